The van der Waals surface area contributed by atoms with Crippen molar-refractivity contribution in [3.8, 4) is 0 Å². The Morgan fingerprint density at radius 2 is 1.00 bits per heavy atom. The van der Waals surface area contributed by atoms with Gasteiger partial charge < -0.3 is 10.6 Å². The van der Waals surface area contributed by atoms with Crippen molar-refractivity contribution in [2.75, 3.05) is 0 Å². The van der Waals surface area contributed by atoms with Crippen LogP contribution in [0.4, 0.5) is 0 Å². The van der Waals surface area contributed by atoms with Crippen LogP contribution in [0.1, 0.15) is 70.1 Å². The highest BCUT2D eigenvalue weighted by Crippen LogP contribution is 2.18. The van der Waals surface area contributed by atoms with E-state index in [9.17, 15) is 9.59 Å². The van der Waals surface area contributed by atoms with Gasteiger partial charge in [-0.05, 0) is 25.7 Å². The van der Waals surface area contributed by atoms with Crippen LogP contribution in [-0.2, 0) is 9.59 Å². The summed E-state index contributed by atoms with van der Waals surface area (Å²) in [4.78, 5) is 21.6. The van der Waals surface area contributed by atoms with Gasteiger partial charge in [0.15, 0.2) is 0 Å². The molecule has 0 saturated heterocycles. The molecule has 0 radical (unpaired) electrons. The first-order chi connectivity index (χ1) is 8.58. The second-order valence-corrected chi connectivity index (χ2v) is 3.95. The highest BCUT2D eigenvalue weighted by molar-refractivity contribution is 5.73. The van der Waals surface area contributed by atoms with Crippen molar-refractivity contribution in [1.82, 2.24) is 10.6 Å². The van der Waals surface area contributed by atoms with Gasteiger partial charge in [-0.15, -0.1) is 0 Å². The fraction of sp³-hybridized carbons (Fsp3) is 0.857. The van der Waals surface area contributed by atoms with E-state index >= 15 is 0 Å². The molecule has 0 heterocycles. The van der Waals surface area contributed by atoms with Crippen LogP contribution in [0.25, 0.3) is 0 Å². The highest BCUT2D eigenvalue weighted by Gasteiger charge is 2.21. The Balaban J connectivity index is -0.000000196. The first-order valence-electron chi connectivity index (χ1n) is 7.12. The molecule has 0 spiro atoms. The Kier molecular flexibility index (Phi) is 13.3. The minimum Gasteiger partial charge on any atom is -0.354 e. The molecule has 2 N–H and O–H groups in total. The monoisotopic (exact) mass is 262 g/mol. The van der Waals surface area contributed by atoms with Gasteiger partial charge in [-0.1, -0.05) is 27.7 Å². The lowest BCUT2D eigenvalue weighted by molar-refractivity contribution is -0.121. The van der Waals surface area contributed by atoms with Crippen LogP contribution in [0.2, 0.25) is 0 Å². The van der Waals surface area contributed by atoms with Gasteiger partial charge in [0.1, 0.15) is 0 Å². The van der Waals surface area contributed by atoms with Crippen molar-refractivity contribution in [3.05, 3.63) is 0 Å². The highest BCUT2D eigenvalue weighted by atomic mass is 16.2. The zero-order valence-corrected chi connectivity index (χ0v) is 12.8. The van der Waals surface area contributed by atoms with E-state index in [-0.39, 0.29) is 14.7 Å². The molecule has 4 nitrogen and oxygen atoms in total. The molecule has 1 aliphatic rings. The number of amides is 2. The van der Waals surface area contributed by atoms with Gasteiger partial charge in [0.05, 0.1) is 0 Å². The van der Waals surface area contributed by atoms with Crippen LogP contribution < -0.4 is 10.6 Å². The Bertz CT molecular complexity index is 207. The molecule has 18 heavy (non-hydrogen) atoms. The first kappa shape index (κ1) is 19.3. The third-order valence-corrected chi connectivity index (χ3v) is 2.54. The lowest BCUT2D eigenvalue weighted by Gasteiger charge is -2.29. The van der Waals surface area contributed by atoms with Gasteiger partial charge in [-0.25, -0.2) is 0 Å². The second-order valence-electron chi connectivity index (χ2n) is 3.95. The third-order valence-electron chi connectivity index (χ3n) is 2.54. The van der Waals surface area contributed by atoms with E-state index in [1.807, 2.05) is 27.7 Å². The predicted octanol–water partition coefficient (Wildman–Crippen LogP) is 3.11. The van der Waals surface area contributed by atoms with Crippen LogP contribution in [0.3, 0.4) is 0 Å². The van der Waals surface area contributed by atoms with E-state index in [0.717, 1.165) is 25.7 Å². The molecular weight excluding hydrogens is 228 g/mol. The Hall–Kier alpha value is -1.06. The van der Waals surface area contributed by atoms with Gasteiger partial charge in [0.2, 0.25) is 11.8 Å². The summed E-state index contributed by atoms with van der Waals surface area (Å²) in [5.41, 5.74) is 0. The predicted molar refractivity (Wildman–Crippen MR) is 80.6 cm³/mol. The summed E-state index contributed by atoms with van der Waals surface area (Å²) in [6.45, 7) is 11.1. The normalized spacial score (nSPS) is 21.4. The summed E-state index contributed by atoms with van der Waals surface area (Å²) in [6.07, 6.45) is 3.85. The summed E-state index contributed by atoms with van der Waals surface area (Å²) in [5, 5.41) is 5.81. The SMILES string of the molecule is CC.CC.CC(=O)NC1CCC(NC(C)=O)CC1.[HH].[HH]. The quantitative estimate of drug-likeness (QED) is 0.803. The molecule has 1 fully saturated rings. The standard InChI is InChI=1S/C10H18N2O2.2C2H6.2H2/c1-7(13)11-9-3-5-10(6-4-9)12-8(2)14;2*1-2;;/h9-10H,3-6H2,1-2H3,(H,11,13)(H,12,14);2*1-2H3;2*1H. The van der Waals surface area contributed by atoms with Crippen molar-refractivity contribution >= 4 is 11.8 Å². The summed E-state index contributed by atoms with van der Waals surface area (Å²) in [6, 6.07) is 0.606. The minimum absolute atomic E-state index is 0. The fourth-order valence-corrected chi connectivity index (χ4v) is 1.96. The van der Waals surface area contributed by atoms with E-state index in [1.165, 1.54) is 0 Å². The number of hydrogen-bond acceptors (Lipinski definition) is 2. The maximum Gasteiger partial charge on any atom is 0.217 e. The van der Waals surface area contributed by atoms with Crippen molar-refractivity contribution in [1.29, 1.82) is 0 Å². The summed E-state index contributed by atoms with van der Waals surface area (Å²) >= 11 is 0. The second kappa shape index (κ2) is 12.4. The molecule has 0 aromatic rings. The van der Waals surface area contributed by atoms with E-state index in [0.29, 0.717) is 12.1 Å². The van der Waals surface area contributed by atoms with Crippen LogP contribution in [0.5, 0.6) is 0 Å². The number of nitrogens with one attached hydrogen (secondary N) is 2. The van der Waals surface area contributed by atoms with Gasteiger partial charge in [0.25, 0.3) is 0 Å². The maximum atomic E-state index is 10.8. The molecule has 1 aliphatic carbocycles. The number of rotatable bonds is 2. The molecule has 4 heteroatoms. The van der Waals surface area contributed by atoms with Gasteiger partial charge in [-0.3, -0.25) is 9.59 Å². The number of carbonyl (C=O) groups excluding carboxylic acids is 2. The lowest BCUT2D eigenvalue weighted by Crippen LogP contribution is -2.42. The van der Waals surface area contributed by atoms with Gasteiger partial charge in [0, 0.05) is 28.8 Å². The molecule has 112 valence electrons. The fourth-order valence-electron chi connectivity index (χ4n) is 1.96. The molecule has 2 amide bonds. The van der Waals surface area contributed by atoms with E-state index in [4.69, 9.17) is 0 Å². The molecule has 0 unspecified atom stereocenters. The molecule has 1 saturated carbocycles. The zero-order valence-electron chi connectivity index (χ0n) is 12.8. The maximum absolute atomic E-state index is 10.8. The summed E-state index contributed by atoms with van der Waals surface area (Å²) in [7, 11) is 0. The average molecular weight is 262 g/mol. The molecule has 0 aromatic carbocycles. The van der Waals surface area contributed by atoms with Crippen LogP contribution in [-0.4, -0.2) is 23.9 Å². The van der Waals surface area contributed by atoms with Gasteiger partial charge in [-0.2, -0.15) is 0 Å². The summed E-state index contributed by atoms with van der Waals surface area (Å²) in [5.74, 6) is 0.0703. The Morgan fingerprint density at radius 1 is 0.778 bits per heavy atom. The zero-order chi connectivity index (χ0) is 14.6. The van der Waals surface area contributed by atoms with E-state index < -0.39 is 0 Å². The summed E-state index contributed by atoms with van der Waals surface area (Å²) < 4.78 is 0. The van der Waals surface area contributed by atoms with Crippen LogP contribution >= 0.6 is 0 Å². The van der Waals surface area contributed by atoms with Crippen LogP contribution in [0.15, 0.2) is 0 Å². The van der Waals surface area contributed by atoms with Gasteiger partial charge >= 0.3 is 0 Å². The Labute approximate surface area is 115 Å². The molecule has 0 aliphatic heterocycles. The smallest absolute Gasteiger partial charge is 0.217 e. The third kappa shape index (κ3) is 10.1. The molecule has 0 aromatic heterocycles. The average Bonchev–Trinajstić information content (AvgIpc) is 2.35. The molecule has 1 rings (SSSR count). The Morgan fingerprint density at radius 3 is 1.17 bits per heavy atom. The van der Waals surface area contributed by atoms with Crippen LogP contribution in [0, 0.1) is 0 Å². The molecule has 0 bridgehead atoms. The van der Waals surface area contributed by atoms with Crippen molar-refractivity contribution in [2.45, 2.75) is 79.3 Å². The lowest BCUT2D eigenvalue weighted by atomic mass is 9.91. The first-order valence-corrected chi connectivity index (χ1v) is 7.12. The number of carbonyl (C=O) groups is 2. The topological polar surface area (TPSA) is 58.2 Å². The van der Waals surface area contributed by atoms with Crippen molar-refractivity contribution in [2.24, 2.45) is 0 Å². The van der Waals surface area contributed by atoms with Crippen molar-refractivity contribution in [3.63, 3.8) is 0 Å². The number of hydrogen-bond donors (Lipinski definition) is 2. The van der Waals surface area contributed by atoms with E-state index in [1.54, 1.807) is 13.8 Å². The van der Waals surface area contributed by atoms with E-state index in [2.05, 4.69) is 10.6 Å². The van der Waals surface area contributed by atoms with Crippen molar-refractivity contribution < 1.29 is 12.4 Å². The largest absolute Gasteiger partial charge is 0.354 e. The molecular formula is C14H34N2O2. The minimum atomic E-state index is 0. The molecule has 0 atom stereocenters.